The lowest BCUT2D eigenvalue weighted by molar-refractivity contribution is 0.306. The standard InChI is InChI=1S/C9H15N3O3S/c1-11-16(14,15)12(6-7-13)9-5-3-2-4-8(9)10/h2-5,11,13H,6-7,10H2,1H3. The van der Waals surface area contributed by atoms with Gasteiger partial charge in [-0.1, -0.05) is 12.1 Å². The third kappa shape index (κ3) is 2.63. The van der Waals surface area contributed by atoms with Crippen molar-refractivity contribution in [1.29, 1.82) is 0 Å². The van der Waals surface area contributed by atoms with Crippen molar-refractivity contribution in [3.8, 4) is 0 Å². The van der Waals surface area contributed by atoms with Gasteiger partial charge < -0.3 is 10.8 Å². The van der Waals surface area contributed by atoms with Gasteiger partial charge in [-0.15, -0.1) is 0 Å². The van der Waals surface area contributed by atoms with Crippen molar-refractivity contribution in [3.63, 3.8) is 0 Å². The fraction of sp³-hybridized carbons (Fsp3) is 0.333. The van der Waals surface area contributed by atoms with Crippen LogP contribution in [0, 0.1) is 0 Å². The molecule has 0 unspecified atom stereocenters. The number of aliphatic hydroxyl groups excluding tert-OH is 1. The zero-order chi connectivity index (χ0) is 12.2. The van der Waals surface area contributed by atoms with E-state index < -0.39 is 10.2 Å². The summed E-state index contributed by atoms with van der Waals surface area (Å²) >= 11 is 0. The Morgan fingerprint density at radius 1 is 1.44 bits per heavy atom. The summed E-state index contributed by atoms with van der Waals surface area (Å²) in [6, 6.07) is 6.58. The Morgan fingerprint density at radius 3 is 2.56 bits per heavy atom. The molecule has 0 radical (unpaired) electrons. The average molecular weight is 245 g/mol. The van der Waals surface area contributed by atoms with E-state index >= 15 is 0 Å². The SMILES string of the molecule is CNS(=O)(=O)N(CCO)c1ccccc1N. The number of para-hydroxylation sites is 2. The lowest BCUT2D eigenvalue weighted by Gasteiger charge is -2.23. The maximum absolute atomic E-state index is 11.7. The number of benzene rings is 1. The van der Waals surface area contributed by atoms with E-state index in [0.717, 1.165) is 4.31 Å². The van der Waals surface area contributed by atoms with Gasteiger partial charge in [0.2, 0.25) is 0 Å². The van der Waals surface area contributed by atoms with Gasteiger partial charge in [-0.3, -0.25) is 4.31 Å². The molecule has 0 bridgehead atoms. The molecular weight excluding hydrogens is 230 g/mol. The Hall–Kier alpha value is -1.31. The third-order valence-corrected chi connectivity index (χ3v) is 3.53. The Balaban J connectivity index is 3.18. The molecule has 0 aliphatic rings. The van der Waals surface area contributed by atoms with Gasteiger partial charge in [0.15, 0.2) is 0 Å². The topological polar surface area (TPSA) is 95.7 Å². The highest BCUT2D eigenvalue weighted by Crippen LogP contribution is 2.23. The molecule has 0 saturated carbocycles. The van der Waals surface area contributed by atoms with Crippen molar-refractivity contribution in [2.45, 2.75) is 0 Å². The van der Waals surface area contributed by atoms with Gasteiger partial charge in [-0.05, 0) is 12.1 Å². The lowest BCUT2D eigenvalue weighted by atomic mass is 10.3. The molecule has 0 spiro atoms. The van der Waals surface area contributed by atoms with Crippen LogP contribution in [0.2, 0.25) is 0 Å². The second-order valence-corrected chi connectivity index (χ2v) is 4.86. The van der Waals surface area contributed by atoms with Crippen LogP contribution in [0.3, 0.4) is 0 Å². The number of anilines is 2. The number of nitrogens with two attached hydrogens (primary N) is 1. The van der Waals surface area contributed by atoms with Crippen molar-refractivity contribution in [3.05, 3.63) is 24.3 Å². The molecule has 7 heteroatoms. The molecule has 90 valence electrons. The quantitative estimate of drug-likeness (QED) is 0.611. The largest absolute Gasteiger partial charge is 0.397 e. The molecule has 1 rings (SSSR count). The first-order chi connectivity index (χ1) is 7.53. The lowest BCUT2D eigenvalue weighted by Crippen LogP contribution is -2.41. The average Bonchev–Trinajstić information content (AvgIpc) is 2.27. The minimum Gasteiger partial charge on any atom is -0.397 e. The first-order valence-electron chi connectivity index (χ1n) is 4.69. The summed E-state index contributed by atoms with van der Waals surface area (Å²) < 4.78 is 26.6. The second kappa shape index (κ2) is 5.15. The first kappa shape index (κ1) is 12.8. The Kier molecular flexibility index (Phi) is 4.11. The number of nitrogen functional groups attached to an aromatic ring is 1. The minimum atomic E-state index is -3.65. The number of nitrogens with zero attached hydrogens (tertiary/aromatic N) is 1. The van der Waals surface area contributed by atoms with Crippen LogP contribution in [0.1, 0.15) is 0 Å². The highest BCUT2D eigenvalue weighted by Gasteiger charge is 2.21. The van der Waals surface area contributed by atoms with Crippen LogP contribution in [0.4, 0.5) is 11.4 Å². The van der Waals surface area contributed by atoms with E-state index in [-0.39, 0.29) is 13.2 Å². The molecule has 6 nitrogen and oxygen atoms in total. The Morgan fingerprint density at radius 2 is 2.06 bits per heavy atom. The molecule has 0 fully saturated rings. The summed E-state index contributed by atoms with van der Waals surface area (Å²) in [6.07, 6.45) is 0. The molecule has 0 saturated heterocycles. The van der Waals surface area contributed by atoms with E-state index in [2.05, 4.69) is 4.72 Å². The van der Waals surface area contributed by atoms with Crippen LogP contribution in [0.5, 0.6) is 0 Å². The first-order valence-corrected chi connectivity index (χ1v) is 6.13. The normalized spacial score (nSPS) is 11.4. The van der Waals surface area contributed by atoms with Crippen LogP contribution in [0.15, 0.2) is 24.3 Å². The van der Waals surface area contributed by atoms with Gasteiger partial charge >= 0.3 is 10.2 Å². The monoisotopic (exact) mass is 245 g/mol. The molecule has 0 amide bonds. The van der Waals surface area contributed by atoms with Gasteiger partial charge in [-0.25, -0.2) is 4.72 Å². The van der Waals surface area contributed by atoms with E-state index in [0.29, 0.717) is 11.4 Å². The molecule has 0 aliphatic heterocycles. The maximum Gasteiger partial charge on any atom is 0.301 e. The fourth-order valence-corrected chi connectivity index (χ4v) is 2.25. The maximum atomic E-state index is 11.7. The van der Waals surface area contributed by atoms with Crippen molar-refractivity contribution in [1.82, 2.24) is 4.72 Å². The Labute approximate surface area is 94.9 Å². The zero-order valence-electron chi connectivity index (χ0n) is 8.92. The summed E-state index contributed by atoms with van der Waals surface area (Å²) in [6.45, 7) is -0.327. The summed E-state index contributed by atoms with van der Waals surface area (Å²) in [7, 11) is -2.35. The van der Waals surface area contributed by atoms with Gasteiger partial charge in [0.1, 0.15) is 0 Å². The fourth-order valence-electron chi connectivity index (χ4n) is 1.29. The minimum absolute atomic E-state index is 0.0443. The summed E-state index contributed by atoms with van der Waals surface area (Å²) in [5.74, 6) is 0. The van der Waals surface area contributed by atoms with Crippen LogP contribution in [0.25, 0.3) is 0 Å². The molecule has 4 N–H and O–H groups in total. The van der Waals surface area contributed by atoms with Crippen molar-refractivity contribution < 1.29 is 13.5 Å². The van der Waals surface area contributed by atoms with Crippen molar-refractivity contribution in [2.24, 2.45) is 0 Å². The second-order valence-electron chi connectivity index (χ2n) is 3.06. The highest BCUT2D eigenvalue weighted by atomic mass is 32.2. The number of hydrogen-bond donors (Lipinski definition) is 3. The summed E-state index contributed by atoms with van der Waals surface area (Å²) in [5, 5.41) is 8.87. The zero-order valence-corrected chi connectivity index (χ0v) is 9.74. The van der Waals surface area contributed by atoms with Gasteiger partial charge in [0, 0.05) is 7.05 Å². The van der Waals surface area contributed by atoms with Crippen molar-refractivity contribution >= 4 is 21.6 Å². The van der Waals surface area contributed by atoms with E-state index in [1.807, 2.05) is 0 Å². The number of hydrogen-bond acceptors (Lipinski definition) is 4. The predicted octanol–water partition coefficient (Wildman–Crippen LogP) is -0.468. The van der Waals surface area contributed by atoms with E-state index in [1.165, 1.54) is 7.05 Å². The van der Waals surface area contributed by atoms with Crippen LogP contribution >= 0.6 is 0 Å². The van der Waals surface area contributed by atoms with Gasteiger partial charge in [0.05, 0.1) is 24.5 Å². The van der Waals surface area contributed by atoms with Crippen LogP contribution in [-0.4, -0.2) is 33.7 Å². The molecular formula is C9H15N3O3S. The molecule has 16 heavy (non-hydrogen) atoms. The summed E-state index contributed by atoms with van der Waals surface area (Å²) in [4.78, 5) is 0. The van der Waals surface area contributed by atoms with E-state index in [4.69, 9.17) is 10.8 Å². The van der Waals surface area contributed by atoms with Gasteiger partial charge in [-0.2, -0.15) is 8.42 Å². The number of rotatable bonds is 5. The predicted molar refractivity (Wildman–Crippen MR) is 63.3 cm³/mol. The highest BCUT2D eigenvalue weighted by molar-refractivity contribution is 7.90. The van der Waals surface area contributed by atoms with Gasteiger partial charge in [0.25, 0.3) is 0 Å². The molecule has 0 aromatic heterocycles. The molecule has 0 aliphatic carbocycles. The molecule has 0 heterocycles. The van der Waals surface area contributed by atoms with Crippen LogP contribution < -0.4 is 14.8 Å². The third-order valence-electron chi connectivity index (χ3n) is 2.06. The summed E-state index contributed by atoms with van der Waals surface area (Å²) in [5.41, 5.74) is 6.38. The van der Waals surface area contributed by atoms with E-state index in [1.54, 1.807) is 24.3 Å². The van der Waals surface area contributed by atoms with E-state index in [9.17, 15) is 8.42 Å². The Bertz CT molecular complexity index is 447. The molecule has 0 atom stereocenters. The van der Waals surface area contributed by atoms with Crippen molar-refractivity contribution in [2.75, 3.05) is 30.2 Å². The number of nitrogens with one attached hydrogen (secondary N) is 1. The smallest absolute Gasteiger partial charge is 0.301 e. The van der Waals surface area contributed by atoms with Crippen LogP contribution in [-0.2, 0) is 10.2 Å². The number of aliphatic hydroxyl groups is 1. The molecule has 1 aromatic carbocycles. The molecule has 1 aromatic rings.